The number of carbonyl (C=O) groups is 4. The van der Waals surface area contributed by atoms with Crippen LogP contribution < -0.4 is 5.73 Å². The number of nitrogens with two attached hydrogens (primary N) is 1. The molecule has 3 rings (SSSR count). The van der Waals surface area contributed by atoms with E-state index in [1.54, 1.807) is 27.7 Å². The molecule has 11 heteroatoms. The molecule has 3 atom stereocenters. The number of likely N-dealkylation sites (tertiary alicyclic amines) is 1. The predicted molar refractivity (Wildman–Crippen MR) is 121 cm³/mol. The lowest BCUT2D eigenvalue weighted by Crippen LogP contribution is -2.45. The van der Waals surface area contributed by atoms with Crippen LogP contribution >= 0.6 is 0 Å². The molecule has 1 aromatic carbocycles. The molecule has 192 valence electrons. The molecule has 3 N–H and O–H groups in total. The number of ether oxygens (including phenoxy) is 1. The fourth-order valence-corrected chi connectivity index (χ4v) is 4.77. The SMILES string of the molecule is Cc1cc([C@H]2CCN(C(=O)O)C[C@H]2F)c(F)c2c1C(=O)N(C(CCC(=O)OC(C)(C)C)C(N)=O)C2. The summed E-state index contributed by atoms with van der Waals surface area (Å²) in [5, 5.41) is 9.10. The first kappa shape index (κ1) is 26.4. The highest BCUT2D eigenvalue weighted by Crippen LogP contribution is 2.38. The third-order valence-electron chi connectivity index (χ3n) is 6.35. The highest BCUT2D eigenvalue weighted by molar-refractivity contribution is 6.02. The number of aryl methyl sites for hydroxylation is 1. The third-order valence-corrected chi connectivity index (χ3v) is 6.35. The summed E-state index contributed by atoms with van der Waals surface area (Å²) in [7, 11) is 0. The Bertz CT molecular complexity index is 1050. The Hall–Kier alpha value is -3.24. The number of benzene rings is 1. The summed E-state index contributed by atoms with van der Waals surface area (Å²) in [5.74, 6) is -3.59. The van der Waals surface area contributed by atoms with Crippen molar-refractivity contribution in [3.63, 3.8) is 0 Å². The van der Waals surface area contributed by atoms with Gasteiger partial charge in [0, 0.05) is 24.4 Å². The van der Waals surface area contributed by atoms with Gasteiger partial charge in [-0.2, -0.15) is 0 Å². The second-order valence-electron chi connectivity index (χ2n) is 10.1. The maximum Gasteiger partial charge on any atom is 0.407 e. The number of carboxylic acid groups (broad SMARTS) is 1. The maximum atomic E-state index is 15.6. The van der Waals surface area contributed by atoms with Crippen LogP contribution in [-0.4, -0.2) is 69.7 Å². The lowest BCUT2D eigenvalue weighted by atomic mass is 9.84. The Morgan fingerprint density at radius 3 is 2.51 bits per heavy atom. The van der Waals surface area contributed by atoms with Crippen LogP contribution in [0, 0.1) is 12.7 Å². The zero-order valence-corrected chi connectivity index (χ0v) is 20.3. The van der Waals surface area contributed by atoms with Crippen LogP contribution in [0.1, 0.15) is 73.0 Å². The van der Waals surface area contributed by atoms with E-state index >= 15 is 4.39 Å². The molecule has 1 unspecified atom stereocenters. The molecule has 2 aliphatic rings. The van der Waals surface area contributed by atoms with Crippen molar-refractivity contribution < 1.29 is 37.8 Å². The number of fused-ring (bicyclic) bond motifs is 1. The van der Waals surface area contributed by atoms with Crippen molar-refractivity contribution in [3.05, 3.63) is 34.1 Å². The van der Waals surface area contributed by atoms with Gasteiger partial charge in [-0.15, -0.1) is 0 Å². The van der Waals surface area contributed by atoms with Crippen molar-refractivity contribution in [1.82, 2.24) is 9.80 Å². The van der Waals surface area contributed by atoms with Crippen LogP contribution in [0.4, 0.5) is 13.6 Å². The summed E-state index contributed by atoms with van der Waals surface area (Å²) < 4.78 is 35.7. The summed E-state index contributed by atoms with van der Waals surface area (Å²) in [6.45, 7) is 6.16. The Labute approximate surface area is 202 Å². The van der Waals surface area contributed by atoms with Gasteiger partial charge in [-0.05, 0) is 51.7 Å². The number of carbonyl (C=O) groups excluding carboxylic acids is 3. The molecule has 9 nitrogen and oxygen atoms in total. The van der Waals surface area contributed by atoms with E-state index in [4.69, 9.17) is 15.6 Å². The first-order valence-corrected chi connectivity index (χ1v) is 11.5. The minimum atomic E-state index is -1.60. The topological polar surface area (TPSA) is 130 Å². The van der Waals surface area contributed by atoms with Crippen LogP contribution in [-0.2, 0) is 20.9 Å². The number of piperidine rings is 1. The number of esters is 1. The predicted octanol–water partition coefficient (Wildman–Crippen LogP) is 2.87. The summed E-state index contributed by atoms with van der Waals surface area (Å²) in [4.78, 5) is 50.7. The highest BCUT2D eigenvalue weighted by atomic mass is 19.1. The fraction of sp³-hybridized carbons (Fsp3) is 0.583. The quantitative estimate of drug-likeness (QED) is 0.584. The smallest absolute Gasteiger partial charge is 0.407 e. The molecular weight excluding hydrogens is 464 g/mol. The number of amides is 3. The average molecular weight is 496 g/mol. The van der Waals surface area contributed by atoms with E-state index in [0.29, 0.717) is 5.56 Å². The highest BCUT2D eigenvalue weighted by Gasteiger charge is 2.41. The minimum Gasteiger partial charge on any atom is -0.465 e. The van der Waals surface area contributed by atoms with Gasteiger partial charge >= 0.3 is 12.1 Å². The molecule has 0 saturated carbocycles. The molecule has 0 aromatic heterocycles. The molecule has 1 aromatic rings. The third kappa shape index (κ3) is 5.54. The molecule has 0 radical (unpaired) electrons. The van der Waals surface area contributed by atoms with Crippen molar-refractivity contribution >= 4 is 23.9 Å². The van der Waals surface area contributed by atoms with Gasteiger partial charge in [-0.25, -0.2) is 13.6 Å². The second kappa shape index (κ2) is 9.79. The molecule has 2 heterocycles. The average Bonchev–Trinajstić information content (AvgIpc) is 3.07. The van der Waals surface area contributed by atoms with E-state index in [9.17, 15) is 23.6 Å². The number of nitrogens with zero attached hydrogens (tertiary/aromatic N) is 2. The van der Waals surface area contributed by atoms with Crippen molar-refractivity contribution in [2.75, 3.05) is 13.1 Å². The monoisotopic (exact) mass is 495 g/mol. The van der Waals surface area contributed by atoms with Gasteiger partial charge in [0.15, 0.2) is 0 Å². The number of halogens is 2. The Kier molecular flexibility index (Phi) is 7.37. The van der Waals surface area contributed by atoms with Crippen LogP contribution in [0.3, 0.4) is 0 Å². The molecule has 0 spiro atoms. The largest absolute Gasteiger partial charge is 0.465 e. The number of primary amides is 1. The van der Waals surface area contributed by atoms with E-state index in [2.05, 4.69) is 0 Å². The maximum absolute atomic E-state index is 15.6. The molecular formula is C24H31F2N3O6. The fourth-order valence-electron chi connectivity index (χ4n) is 4.77. The van der Waals surface area contributed by atoms with E-state index in [-0.39, 0.29) is 55.6 Å². The van der Waals surface area contributed by atoms with Crippen molar-refractivity contribution in [2.45, 2.75) is 77.2 Å². The standard InChI is InChI=1S/C24H31F2N3O6/c1-12-9-14(13-7-8-28(23(33)34)11-16(13)25)20(26)15-10-29(22(32)19(12)15)17(21(27)31)5-6-18(30)35-24(2,3)4/h9,13,16-17H,5-8,10-11H2,1-4H3,(H2,27,31)(H,33,34)/t13-,16-,17?/m1/s1. The summed E-state index contributed by atoms with van der Waals surface area (Å²) >= 11 is 0. The van der Waals surface area contributed by atoms with Crippen LogP contribution in [0.25, 0.3) is 0 Å². The zero-order chi connectivity index (χ0) is 26.2. The first-order valence-electron chi connectivity index (χ1n) is 11.5. The molecule has 2 aliphatic heterocycles. The van der Waals surface area contributed by atoms with Gasteiger partial charge < -0.3 is 25.4 Å². The van der Waals surface area contributed by atoms with E-state index in [1.807, 2.05) is 0 Å². The zero-order valence-electron chi connectivity index (χ0n) is 20.3. The number of hydrogen-bond donors (Lipinski definition) is 2. The molecule has 0 aliphatic carbocycles. The van der Waals surface area contributed by atoms with Crippen molar-refractivity contribution in [2.24, 2.45) is 5.73 Å². The number of rotatable bonds is 6. The molecule has 0 bridgehead atoms. The Morgan fingerprint density at radius 1 is 1.31 bits per heavy atom. The lowest BCUT2D eigenvalue weighted by molar-refractivity contribution is -0.155. The number of hydrogen-bond acceptors (Lipinski definition) is 5. The van der Waals surface area contributed by atoms with Crippen LogP contribution in [0.15, 0.2) is 6.07 Å². The van der Waals surface area contributed by atoms with Crippen LogP contribution in [0.5, 0.6) is 0 Å². The number of alkyl halides is 1. The van der Waals surface area contributed by atoms with E-state index in [0.717, 1.165) is 9.80 Å². The molecule has 1 fully saturated rings. The van der Waals surface area contributed by atoms with E-state index < -0.39 is 53.4 Å². The van der Waals surface area contributed by atoms with E-state index in [1.165, 1.54) is 6.07 Å². The minimum absolute atomic E-state index is 0.0429. The normalized spacial score (nSPS) is 21.0. The Balaban J connectivity index is 1.84. The lowest BCUT2D eigenvalue weighted by Gasteiger charge is -2.33. The van der Waals surface area contributed by atoms with Gasteiger partial charge in [-0.1, -0.05) is 6.07 Å². The second-order valence-corrected chi connectivity index (χ2v) is 10.1. The first-order chi connectivity index (χ1) is 16.2. The summed E-state index contributed by atoms with van der Waals surface area (Å²) in [6, 6.07) is 0.265. The van der Waals surface area contributed by atoms with Gasteiger partial charge in [0.05, 0.1) is 18.7 Å². The molecule has 3 amide bonds. The van der Waals surface area contributed by atoms with Gasteiger partial charge in [0.25, 0.3) is 5.91 Å². The van der Waals surface area contributed by atoms with Gasteiger partial charge in [-0.3, -0.25) is 14.4 Å². The van der Waals surface area contributed by atoms with Crippen LogP contribution in [0.2, 0.25) is 0 Å². The van der Waals surface area contributed by atoms with Gasteiger partial charge in [0.1, 0.15) is 23.6 Å². The van der Waals surface area contributed by atoms with Crippen molar-refractivity contribution in [1.29, 1.82) is 0 Å². The molecule has 1 saturated heterocycles. The summed E-state index contributed by atoms with van der Waals surface area (Å²) in [5.41, 5.74) is 5.45. The van der Waals surface area contributed by atoms with Gasteiger partial charge in [0.2, 0.25) is 5.91 Å². The molecule has 35 heavy (non-hydrogen) atoms. The summed E-state index contributed by atoms with van der Waals surface area (Å²) in [6.07, 6.45) is -2.99. The van der Waals surface area contributed by atoms with Crippen molar-refractivity contribution in [3.8, 4) is 0 Å². The Morgan fingerprint density at radius 2 is 1.97 bits per heavy atom.